The topological polar surface area (TPSA) is 29.1 Å². The first-order valence-electron chi connectivity index (χ1n) is 8.63. The molecule has 1 heterocycles. The third-order valence-electron chi connectivity index (χ3n) is 4.39. The number of benzene rings is 1. The number of carbonyl (C=O) groups is 1. The van der Waals surface area contributed by atoms with Crippen LogP contribution in [0.4, 0.5) is 10.1 Å². The van der Waals surface area contributed by atoms with Crippen LogP contribution < -0.4 is 5.32 Å². The Balaban J connectivity index is 2.38. The highest BCUT2D eigenvalue weighted by Gasteiger charge is 2.32. The summed E-state index contributed by atoms with van der Waals surface area (Å²) in [5, 5.41) is 2.89. The summed E-state index contributed by atoms with van der Waals surface area (Å²) in [6.07, 6.45) is 1.81. The number of allylic oxidation sites excluding steroid dienone is 1. The lowest BCUT2D eigenvalue weighted by Gasteiger charge is -2.24. The Morgan fingerprint density at radius 1 is 1.38 bits per heavy atom. The molecule has 1 aromatic heterocycles. The molecular weight excluding hydrogens is 460 g/mol. The summed E-state index contributed by atoms with van der Waals surface area (Å²) in [5.74, 6) is -0.0338. The van der Waals surface area contributed by atoms with E-state index in [4.69, 9.17) is 0 Å². The first-order valence-corrected chi connectivity index (χ1v) is 10.5. The minimum Gasteiger partial charge on any atom is -0.386 e. The Bertz CT molecular complexity index is 829. The molecule has 0 fully saturated rings. The van der Waals surface area contributed by atoms with Crippen LogP contribution in [0.3, 0.4) is 0 Å². The predicted octanol–water partition coefficient (Wildman–Crippen LogP) is 6.87. The summed E-state index contributed by atoms with van der Waals surface area (Å²) in [5.41, 5.74) is 3.54. The van der Waals surface area contributed by atoms with E-state index in [0.717, 1.165) is 28.0 Å². The van der Waals surface area contributed by atoms with Crippen molar-refractivity contribution in [2.75, 3.05) is 12.4 Å². The summed E-state index contributed by atoms with van der Waals surface area (Å²) in [6.45, 7) is 9.92. The number of hydrogen-bond donors (Lipinski definition) is 1. The van der Waals surface area contributed by atoms with E-state index in [0.29, 0.717) is 18.5 Å². The minimum atomic E-state index is -0.257. The van der Waals surface area contributed by atoms with Crippen LogP contribution in [0, 0.1) is 12.7 Å². The van der Waals surface area contributed by atoms with E-state index in [1.165, 1.54) is 10.9 Å². The molecular formula is C21H25FINOS. The molecule has 2 aromatic rings. The minimum absolute atomic E-state index is 0.218. The van der Waals surface area contributed by atoms with Crippen LogP contribution in [-0.4, -0.2) is 12.8 Å². The maximum absolute atomic E-state index is 13.8. The number of ketones is 1. The lowest BCUT2D eigenvalue weighted by atomic mass is 9.94. The summed E-state index contributed by atoms with van der Waals surface area (Å²) >= 11 is 4.12. The fraction of sp³-hybridized carbons (Fsp3) is 0.381. The molecule has 1 atom stereocenters. The third-order valence-corrected chi connectivity index (χ3v) is 7.98. The molecule has 1 N–H and O–H groups in total. The maximum atomic E-state index is 13.8. The smallest absolute Gasteiger partial charge is 0.146 e. The maximum Gasteiger partial charge on any atom is 0.146 e. The van der Waals surface area contributed by atoms with Gasteiger partial charge in [0.25, 0.3) is 0 Å². The van der Waals surface area contributed by atoms with Gasteiger partial charge in [-0.25, -0.2) is 4.39 Å². The molecule has 1 aromatic carbocycles. The normalized spacial score (nSPS) is 13.3. The number of nitrogens with one attached hydrogen (secondary N) is 1. The van der Waals surface area contributed by atoms with Crippen molar-refractivity contribution >= 4 is 45.4 Å². The van der Waals surface area contributed by atoms with Gasteiger partial charge in [-0.2, -0.15) is 0 Å². The van der Waals surface area contributed by atoms with Gasteiger partial charge >= 0.3 is 0 Å². The molecule has 0 saturated carbocycles. The molecule has 2 rings (SSSR count). The molecule has 0 saturated heterocycles. The Morgan fingerprint density at radius 3 is 2.65 bits per heavy atom. The van der Waals surface area contributed by atoms with Gasteiger partial charge in [0.15, 0.2) is 0 Å². The molecule has 1 unspecified atom stereocenters. The van der Waals surface area contributed by atoms with Crippen LogP contribution in [0.15, 0.2) is 36.4 Å². The third kappa shape index (κ3) is 4.74. The van der Waals surface area contributed by atoms with Gasteiger partial charge in [-0.3, -0.25) is 4.79 Å². The Morgan fingerprint density at radius 2 is 2.08 bits per heavy atom. The molecule has 0 bridgehead atoms. The number of carbonyl (C=O) groups excluding carboxylic acids is 1. The van der Waals surface area contributed by atoms with Crippen molar-refractivity contribution in [3.05, 3.63) is 52.7 Å². The second-order valence-electron chi connectivity index (χ2n) is 6.74. The average Bonchev–Trinajstić information content (AvgIpc) is 2.97. The van der Waals surface area contributed by atoms with E-state index in [2.05, 4.69) is 54.4 Å². The SMILES string of the molecule is C=C(C)CC(=O)CC(I)(CC)c1cc(C)c(-c2ccc(F)c(NC)c2)s1. The van der Waals surface area contributed by atoms with Crippen LogP contribution in [0.2, 0.25) is 0 Å². The zero-order chi connectivity index (χ0) is 19.5. The van der Waals surface area contributed by atoms with E-state index in [1.54, 1.807) is 18.4 Å². The molecule has 140 valence electrons. The van der Waals surface area contributed by atoms with Crippen LogP contribution in [0.25, 0.3) is 10.4 Å². The van der Waals surface area contributed by atoms with Gasteiger partial charge in [0, 0.05) is 29.6 Å². The van der Waals surface area contributed by atoms with E-state index < -0.39 is 0 Å². The van der Waals surface area contributed by atoms with E-state index in [9.17, 15) is 9.18 Å². The van der Waals surface area contributed by atoms with E-state index in [-0.39, 0.29) is 15.0 Å². The highest BCUT2D eigenvalue weighted by Crippen LogP contribution is 2.46. The lowest BCUT2D eigenvalue weighted by Crippen LogP contribution is -2.20. The van der Waals surface area contributed by atoms with Gasteiger partial charge in [-0.05, 0) is 49.6 Å². The van der Waals surface area contributed by atoms with Gasteiger partial charge in [0.1, 0.15) is 11.6 Å². The van der Waals surface area contributed by atoms with Gasteiger partial charge in [-0.1, -0.05) is 47.7 Å². The Kier molecular flexibility index (Phi) is 7.02. The number of rotatable bonds is 8. The van der Waals surface area contributed by atoms with E-state index >= 15 is 0 Å². The van der Waals surface area contributed by atoms with Gasteiger partial charge < -0.3 is 5.32 Å². The van der Waals surface area contributed by atoms with Crippen LogP contribution in [0.1, 0.15) is 43.6 Å². The van der Waals surface area contributed by atoms with Crippen molar-refractivity contribution in [1.29, 1.82) is 0 Å². The van der Waals surface area contributed by atoms with Crippen molar-refractivity contribution in [3.63, 3.8) is 0 Å². The number of alkyl halides is 1. The number of Topliss-reactive ketones (excluding diaryl/α,β-unsaturated/α-hetero) is 1. The molecule has 0 aliphatic heterocycles. The molecule has 5 heteroatoms. The number of hydrogen-bond acceptors (Lipinski definition) is 3. The predicted molar refractivity (Wildman–Crippen MR) is 119 cm³/mol. The first-order chi connectivity index (χ1) is 12.2. The second-order valence-corrected chi connectivity index (χ2v) is 9.85. The summed E-state index contributed by atoms with van der Waals surface area (Å²) in [4.78, 5) is 14.7. The molecule has 26 heavy (non-hydrogen) atoms. The fourth-order valence-electron chi connectivity index (χ4n) is 2.95. The standard InChI is InChI=1S/C21H25FINOS/c1-6-21(23,12-16(25)9-13(2)3)19-10-14(4)20(26-19)15-7-8-17(22)18(11-15)24-5/h7-8,10-11,24H,2,6,9,12H2,1,3-5H3. The number of halogens is 2. The lowest BCUT2D eigenvalue weighted by molar-refractivity contribution is -0.118. The summed E-state index contributed by atoms with van der Waals surface area (Å²) < 4.78 is 13.6. The van der Waals surface area contributed by atoms with Crippen LogP contribution in [0.5, 0.6) is 0 Å². The molecule has 0 amide bonds. The van der Waals surface area contributed by atoms with Crippen molar-refractivity contribution in [1.82, 2.24) is 0 Å². The zero-order valence-corrected chi connectivity index (χ0v) is 18.7. The first kappa shape index (κ1) is 21.1. The summed E-state index contributed by atoms with van der Waals surface area (Å²) in [7, 11) is 1.72. The molecule has 0 aliphatic carbocycles. The molecule has 0 spiro atoms. The summed E-state index contributed by atoms with van der Waals surface area (Å²) in [6, 6.07) is 7.32. The van der Waals surface area contributed by atoms with Crippen LogP contribution >= 0.6 is 33.9 Å². The van der Waals surface area contributed by atoms with Crippen molar-refractivity contribution < 1.29 is 9.18 Å². The fourth-order valence-corrected chi connectivity index (χ4v) is 5.18. The molecule has 0 aliphatic rings. The largest absolute Gasteiger partial charge is 0.386 e. The highest BCUT2D eigenvalue weighted by atomic mass is 127. The van der Waals surface area contributed by atoms with Crippen molar-refractivity contribution in [2.24, 2.45) is 0 Å². The monoisotopic (exact) mass is 485 g/mol. The molecule has 0 radical (unpaired) electrons. The van der Waals surface area contributed by atoms with Crippen molar-refractivity contribution in [2.45, 2.75) is 43.5 Å². The number of anilines is 1. The quantitative estimate of drug-likeness (QED) is 0.251. The highest BCUT2D eigenvalue weighted by molar-refractivity contribution is 14.1. The second kappa shape index (κ2) is 8.65. The van der Waals surface area contributed by atoms with Crippen molar-refractivity contribution in [3.8, 4) is 10.4 Å². The van der Waals surface area contributed by atoms with Gasteiger partial charge in [-0.15, -0.1) is 11.3 Å². The average molecular weight is 485 g/mol. The van der Waals surface area contributed by atoms with Gasteiger partial charge in [0.2, 0.25) is 0 Å². The number of thiophene rings is 1. The Hall–Kier alpha value is -1.21. The molecule has 2 nitrogen and oxygen atoms in total. The zero-order valence-electron chi connectivity index (χ0n) is 15.7. The van der Waals surface area contributed by atoms with E-state index in [1.807, 2.05) is 19.1 Å². The number of aryl methyl sites for hydroxylation is 1. The Labute approximate surface area is 173 Å². The van der Waals surface area contributed by atoms with Crippen LogP contribution in [-0.2, 0) is 8.22 Å². The van der Waals surface area contributed by atoms with Gasteiger partial charge in [0.05, 0.1) is 9.11 Å².